The van der Waals surface area contributed by atoms with Gasteiger partial charge >= 0.3 is 0 Å². The number of hydrogen-bond acceptors (Lipinski definition) is 0. The average Bonchev–Trinajstić information content (AvgIpc) is 2.66. The number of benzene rings is 1. The highest BCUT2D eigenvalue weighted by atomic mass is 19.1. The van der Waals surface area contributed by atoms with Gasteiger partial charge in [0.1, 0.15) is 11.6 Å². The molecule has 0 heterocycles. The molecule has 2 fully saturated rings. The second kappa shape index (κ2) is 10.6. The van der Waals surface area contributed by atoms with Crippen LogP contribution in [0.25, 0.3) is 0 Å². The van der Waals surface area contributed by atoms with Gasteiger partial charge in [-0.05, 0) is 79.9 Å². The molecular weight excluding hydrogens is 338 g/mol. The molecule has 0 spiro atoms. The monoisotopic (exact) mass is 376 g/mol. The van der Waals surface area contributed by atoms with Gasteiger partial charge in [-0.3, -0.25) is 0 Å². The van der Waals surface area contributed by atoms with Gasteiger partial charge in [-0.15, -0.1) is 0 Å². The molecule has 3 rings (SSSR count). The van der Waals surface area contributed by atoms with Crippen LogP contribution in [0.15, 0.2) is 18.2 Å². The van der Waals surface area contributed by atoms with Crippen molar-refractivity contribution in [2.75, 3.05) is 0 Å². The molecule has 0 N–H and O–H groups in total. The maximum atomic E-state index is 13.2. The lowest BCUT2D eigenvalue weighted by molar-refractivity contribution is 0.140. The van der Waals surface area contributed by atoms with Crippen LogP contribution < -0.4 is 0 Å². The molecule has 0 amide bonds. The standard InChI is InChI=1S/C25H38F2/c1-2-5-19-8-12-22(13-9-19)23-14-10-20(11-15-23)6-3-4-7-21-16-24(26)18-25(27)17-21/h16-20,22-23H,2-15H2,1H3. The summed E-state index contributed by atoms with van der Waals surface area (Å²) >= 11 is 0. The average molecular weight is 377 g/mol. The van der Waals surface area contributed by atoms with Crippen molar-refractivity contribution in [2.24, 2.45) is 23.7 Å². The Labute approximate surface area is 165 Å². The largest absolute Gasteiger partial charge is 0.207 e. The molecule has 0 nitrogen and oxygen atoms in total. The Balaban J connectivity index is 1.29. The van der Waals surface area contributed by atoms with Crippen LogP contribution in [-0.4, -0.2) is 0 Å². The molecule has 0 atom stereocenters. The molecule has 2 heteroatoms. The fraction of sp³-hybridized carbons (Fsp3) is 0.760. The maximum absolute atomic E-state index is 13.2. The van der Waals surface area contributed by atoms with Gasteiger partial charge in [0.25, 0.3) is 0 Å². The van der Waals surface area contributed by atoms with Gasteiger partial charge in [0.05, 0.1) is 0 Å². The quantitative estimate of drug-likeness (QED) is 0.402. The summed E-state index contributed by atoms with van der Waals surface area (Å²) in [6.07, 6.45) is 18.8. The first-order valence-electron chi connectivity index (χ1n) is 11.6. The molecule has 1 aromatic rings. The molecule has 0 unspecified atom stereocenters. The number of halogens is 2. The third kappa shape index (κ3) is 6.57. The van der Waals surface area contributed by atoms with E-state index in [0.29, 0.717) is 0 Å². The summed E-state index contributed by atoms with van der Waals surface area (Å²) in [4.78, 5) is 0. The van der Waals surface area contributed by atoms with Crippen LogP contribution in [0.5, 0.6) is 0 Å². The molecule has 27 heavy (non-hydrogen) atoms. The first-order chi connectivity index (χ1) is 13.1. The topological polar surface area (TPSA) is 0 Å². The minimum Gasteiger partial charge on any atom is -0.207 e. The molecule has 152 valence electrons. The molecule has 0 saturated heterocycles. The Bertz CT molecular complexity index is 531. The van der Waals surface area contributed by atoms with Crippen LogP contribution in [0.1, 0.15) is 96.0 Å². The maximum Gasteiger partial charge on any atom is 0.126 e. The third-order valence-corrected chi connectivity index (χ3v) is 7.40. The van der Waals surface area contributed by atoms with Gasteiger partial charge < -0.3 is 0 Å². The lowest BCUT2D eigenvalue weighted by atomic mass is 9.68. The molecule has 0 bridgehead atoms. The van der Waals surface area contributed by atoms with Crippen LogP contribution in [0.2, 0.25) is 0 Å². The summed E-state index contributed by atoms with van der Waals surface area (Å²) in [6, 6.07) is 3.91. The van der Waals surface area contributed by atoms with E-state index in [9.17, 15) is 8.78 Å². The minimum atomic E-state index is -0.452. The summed E-state index contributed by atoms with van der Waals surface area (Å²) in [5.41, 5.74) is 0.801. The van der Waals surface area contributed by atoms with E-state index in [1.165, 1.54) is 89.2 Å². The molecule has 0 radical (unpaired) electrons. The third-order valence-electron chi connectivity index (χ3n) is 7.40. The molecule has 0 aromatic heterocycles. The lowest BCUT2D eigenvalue weighted by Crippen LogP contribution is -2.25. The Morgan fingerprint density at radius 1 is 0.704 bits per heavy atom. The van der Waals surface area contributed by atoms with Crippen molar-refractivity contribution in [1.82, 2.24) is 0 Å². The van der Waals surface area contributed by atoms with Crippen LogP contribution in [0.4, 0.5) is 8.78 Å². The number of aryl methyl sites for hydroxylation is 1. The first-order valence-corrected chi connectivity index (χ1v) is 11.6. The van der Waals surface area contributed by atoms with Gasteiger partial charge in [0.2, 0.25) is 0 Å². The summed E-state index contributed by atoms with van der Waals surface area (Å²) in [5.74, 6) is 3.02. The van der Waals surface area contributed by atoms with Crippen LogP contribution >= 0.6 is 0 Å². The highest BCUT2D eigenvalue weighted by Gasteiger charge is 2.30. The van der Waals surface area contributed by atoms with Gasteiger partial charge in [-0.2, -0.15) is 0 Å². The zero-order chi connectivity index (χ0) is 19.1. The van der Waals surface area contributed by atoms with E-state index in [1.54, 1.807) is 0 Å². The molecule has 2 aliphatic carbocycles. The van der Waals surface area contributed by atoms with Crippen molar-refractivity contribution in [3.05, 3.63) is 35.4 Å². The second-order valence-electron chi connectivity index (χ2n) is 9.37. The van der Waals surface area contributed by atoms with Crippen molar-refractivity contribution in [3.8, 4) is 0 Å². The van der Waals surface area contributed by atoms with E-state index >= 15 is 0 Å². The zero-order valence-electron chi connectivity index (χ0n) is 17.2. The van der Waals surface area contributed by atoms with Crippen molar-refractivity contribution in [2.45, 2.75) is 96.8 Å². The van der Waals surface area contributed by atoms with Crippen LogP contribution in [-0.2, 0) is 6.42 Å². The highest BCUT2D eigenvalue weighted by molar-refractivity contribution is 5.17. The lowest BCUT2D eigenvalue weighted by Gasteiger charge is -2.38. The molecule has 1 aromatic carbocycles. The van der Waals surface area contributed by atoms with E-state index in [0.717, 1.165) is 48.1 Å². The molecule has 0 aliphatic heterocycles. The van der Waals surface area contributed by atoms with E-state index in [1.807, 2.05) is 0 Å². The van der Waals surface area contributed by atoms with Crippen molar-refractivity contribution in [3.63, 3.8) is 0 Å². The van der Waals surface area contributed by atoms with Gasteiger partial charge in [0.15, 0.2) is 0 Å². The summed E-state index contributed by atoms with van der Waals surface area (Å²) in [5, 5.41) is 0. The molecule has 2 aliphatic rings. The Kier molecular flexibility index (Phi) is 8.15. The fourth-order valence-corrected chi connectivity index (χ4v) is 5.82. The molecular formula is C25H38F2. The van der Waals surface area contributed by atoms with E-state index in [2.05, 4.69) is 6.92 Å². The van der Waals surface area contributed by atoms with Crippen LogP contribution in [0, 0.1) is 35.3 Å². The highest BCUT2D eigenvalue weighted by Crippen LogP contribution is 2.43. The number of rotatable bonds is 8. The Hall–Kier alpha value is -0.920. The van der Waals surface area contributed by atoms with E-state index in [4.69, 9.17) is 0 Å². The smallest absolute Gasteiger partial charge is 0.126 e. The minimum absolute atomic E-state index is 0.452. The van der Waals surface area contributed by atoms with Gasteiger partial charge in [0, 0.05) is 6.07 Å². The number of hydrogen-bond donors (Lipinski definition) is 0. The van der Waals surface area contributed by atoms with Crippen molar-refractivity contribution >= 4 is 0 Å². The zero-order valence-corrected chi connectivity index (χ0v) is 17.2. The summed E-state index contributed by atoms with van der Waals surface area (Å²) in [6.45, 7) is 2.32. The Morgan fingerprint density at radius 3 is 1.74 bits per heavy atom. The van der Waals surface area contributed by atoms with Crippen molar-refractivity contribution < 1.29 is 8.78 Å². The van der Waals surface area contributed by atoms with Crippen molar-refractivity contribution in [1.29, 1.82) is 0 Å². The van der Waals surface area contributed by atoms with Gasteiger partial charge in [-0.1, -0.05) is 58.3 Å². The summed E-state index contributed by atoms with van der Waals surface area (Å²) < 4.78 is 26.5. The second-order valence-corrected chi connectivity index (χ2v) is 9.37. The Morgan fingerprint density at radius 2 is 1.22 bits per heavy atom. The predicted molar refractivity (Wildman–Crippen MR) is 110 cm³/mol. The first kappa shape index (κ1) is 20.8. The van der Waals surface area contributed by atoms with Gasteiger partial charge in [-0.25, -0.2) is 8.78 Å². The SMILES string of the molecule is CCCC1CCC(C2CCC(CCCCc3cc(F)cc(F)c3)CC2)CC1. The normalized spacial score (nSPS) is 29.0. The number of unbranched alkanes of at least 4 members (excludes halogenated alkanes) is 1. The van der Waals surface area contributed by atoms with E-state index in [-0.39, 0.29) is 0 Å². The van der Waals surface area contributed by atoms with Crippen LogP contribution in [0.3, 0.4) is 0 Å². The predicted octanol–water partition coefficient (Wildman–Crippen LogP) is 8.09. The fourth-order valence-electron chi connectivity index (χ4n) is 5.82. The molecule has 2 saturated carbocycles. The van der Waals surface area contributed by atoms with E-state index < -0.39 is 11.6 Å². The summed E-state index contributed by atoms with van der Waals surface area (Å²) in [7, 11) is 0.